The molecule has 0 saturated heterocycles. The molecular weight excluding hydrogens is 168 g/mol. The van der Waals surface area contributed by atoms with Gasteiger partial charge < -0.3 is 9.84 Å². The monoisotopic (exact) mass is 175 g/mol. The Bertz CT molecular complexity index is 278. The van der Waals surface area contributed by atoms with E-state index in [2.05, 4.69) is 9.72 Å². The number of alkyl halides is 2. The molecule has 0 atom stereocenters. The third-order valence-corrected chi connectivity index (χ3v) is 1.29. The minimum absolute atomic E-state index is 0.106. The van der Waals surface area contributed by atoms with Crippen LogP contribution in [0, 0.1) is 0 Å². The fraction of sp³-hybridized carbons (Fsp3) is 0.286. The predicted molar refractivity (Wildman–Crippen MR) is 37.4 cm³/mol. The Kier molecular flexibility index (Phi) is 2.42. The summed E-state index contributed by atoms with van der Waals surface area (Å²) in [4.78, 5) is 3.32. The van der Waals surface area contributed by atoms with Crippen molar-refractivity contribution in [3.63, 3.8) is 0 Å². The quantitative estimate of drug-likeness (QED) is 0.744. The Morgan fingerprint density at radius 1 is 1.58 bits per heavy atom. The van der Waals surface area contributed by atoms with E-state index in [0.717, 1.165) is 12.3 Å². The Morgan fingerprint density at radius 2 is 2.25 bits per heavy atom. The molecule has 1 aromatic heterocycles. The van der Waals surface area contributed by atoms with Crippen LogP contribution in [0.15, 0.2) is 12.3 Å². The highest BCUT2D eigenvalue weighted by Gasteiger charge is 2.15. The zero-order valence-electron chi connectivity index (χ0n) is 6.29. The molecule has 0 amide bonds. The highest BCUT2D eigenvalue weighted by Crippen LogP contribution is 2.28. The fourth-order valence-corrected chi connectivity index (χ4v) is 0.772. The van der Waals surface area contributed by atoms with E-state index in [-0.39, 0.29) is 11.5 Å². The summed E-state index contributed by atoms with van der Waals surface area (Å²) in [7, 11) is 1.24. The Labute approximate surface area is 67.6 Å². The lowest BCUT2D eigenvalue weighted by molar-refractivity contribution is 0.141. The maximum Gasteiger partial charge on any atom is 0.284 e. The van der Waals surface area contributed by atoms with Crippen molar-refractivity contribution in [1.29, 1.82) is 0 Å². The molecule has 1 N–H and O–H groups in total. The molecule has 3 nitrogen and oxygen atoms in total. The fourth-order valence-electron chi connectivity index (χ4n) is 0.772. The van der Waals surface area contributed by atoms with Gasteiger partial charge in [0.1, 0.15) is 17.2 Å². The number of aromatic hydroxyl groups is 1. The lowest BCUT2D eigenvalue weighted by Gasteiger charge is -2.05. The second-order valence-corrected chi connectivity index (χ2v) is 2.08. The summed E-state index contributed by atoms with van der Waals surface area (Å²) in [6.45, 7) is 0. The zero-order chi connectivity index (χ0) is 9.14. The number of hydrogen-bond acceptors (Lipinski definition) is 3. The second-order valence-electron chi connectivity index (χ2n) is 2.08. The van der Waals surface area contributed by atoms with Crippen LogP contribution in [0.5, 0.6) is 11.5 Å². The van der Waals surface area contributed by atoms with E-state index in [0.29, 0.717) is 0 Å². The third-order valence-electron chi connectivity index (χ3n) is 1.29. The molecule has 1 heterocycles. The van der Waals surface area contributed by atoms with Gasteiger partial charge in [0.05, 0.1) is 13.3 Å². The average molecular weight is 175 g/mol. The summed E-state index contributed by atoms with van der Waals surface area (Å²) in [5, 5.41) is 8.86. The van der Waals surface area contributed by atoms with E-state index in [1.165, 1.54) is 7.11 Å². The number of halogens is 2. The van der Waals surface area contributed by atoms with Gasteiger partial charge in [-0.05, 0) is 0 Å². The van der Waals surface area contributed by atoms with Crippen LogP contribution in [0.4, 0.5) is 8.78 Å². The summed E-state index contributed by atoms with van der Waals surface area (Å²) < 4.78 is 28.8. The van der Waals surface area contributed by atoms with E-state index in [1.54, 1.807) is 0 Å². The first kappa shape index (κ1) is 8.70. The van der Waals surface area contributed by atoms with E-state index >= 15 is 0 Å². The van der Waals surface area contributed by atoms with Crippen molar-refractivity contribution >= 4 is 0 Å². The van der Waals surface area contributed by atoms with Crippen LogP contribution in [-0.2, 0) is 0 Å². The molecule has 0 aliphatic carbocycles. The summed E-state index contributed by atoms with van der Waals surface area (Å²) in [6, 6.07) is 1.09. The van der Waals surface area contributed by atoms with Crippen molar-refractivity contribution in [2.24, 2.45) is 0 Å². The van der Waals surface area contributed by atoms with Crippen LogP contribution < -0.4 is 4.74 Å². The van der Waals surface area contributed by atoms with Gasteiger partial charge >= 0.3 is 0 Å². The lowest BCUT2D eigenvalue weighted by Crippen LogP contribution is -1.95. The van der Waals surface area contributed by atoms with E-state index < -0.39 is 12.1 Å². The van der Waals surface area contributed by atoms with Gasteiger partial charge in [0.25, 0.3) is 6.43 Å². The molecule has 0 spiro atoms. The van der Waals surface area contributed by atoms with Gasteiger partial charge in [-0.25, -0.2) is 13.8 Å². The Hall–Kier alpha value is -1.39. The molecule has 66 valence electrons. The number of hydrogen-bond donors (Lipinski definition) is 1. The Balaban J connectivity index is 3.11. The second kappa shape index (κ2) is 3.34. The highest BCUT2D eigenvalue weighted by atomic mass is 19.3. The molecule has 0 fully saturated rings. The lowest BCUT2D eigenvalue weighted by atomic mass is 10.3. The summed E-state index contributed by atoms with van der Waals surface area (Å²) >= 11 is 0. The topological polar surface area (TPSA) is 42.4 Å². The number of ether oxygens (including phenoxy) is 1. The van der Waals surface area contributed by atoms with Crippen LogP contribution in [0.1, 0.15) is 12.1 Å². The largest absolute Gasteiger partial charge is 0.506 e. The maximum atomic E-state index is 12.1. The molecule has 5 heteroatoms. The van der Waals surface area contributed by atoms with E-state index in [4.69, 9.17) is 5.11 Å². The van der Waals surface area contributed by atoms with Crippen molar-refractivity contribution in [3.05, 3.63) is 18.0 Å². The van der Waals surface area contributed by atoms with Crippen molar-refractivity contribution in [2.45, 2.75) is 6.43 Å². The van der Waals surface area contributed by atoms with Crippen LogP contribution in [0.25, 0.3) is 0 Å². The molecule has 0 radical (unpaired) electrons. The highest BCUT2D eigenvalue weighted by molar-refractivity contribution is 5.34. The maximum absolute atomic E-state index is 12.1. The van der Waals surface area contributed by atoms with Crippen LogP contribution in [0.2, 0.25) is 0 Å². The van der Waals surface area contributed by atoms with Crippen molar-refractivity contribution in [1.82, 2.24) is 4.98 Å². The minimum atomic E-state index is -2.69. The molecule has 0 aromatic carbocycles. The van der Waals surface area contributed by atoms with Gasteiger partial charge in [0.15, 0.2) is 0 Å². The third kappa shape index (κ3) is 1.61. The molecule has 1 rings (SSSR count). The van der Waals surface area contributed by atoms with Gasteiger partial charge in [-0.15, -0.1) is 0 Å². The Morgan fingerprint density at radius 3 is 2.75 bits per heavy atom. The van der Waals surface area contributed by atoms with Gasteiger partial charge in [-0.3, -0.25) is 0 Å². The summed E-state index contributed by atoms with van der Waals surface area (Å²) in [6.07, 6.45) is -1.75. The molecular formula is C7H7F2NO2. The zero-order valence-corrected chi connectivity index (χ0v) is 6.29. The molecule has 1 aromatic rings. The van der Waals surface area contributed by atoms with Crippen molar-refractivity contribution in [3.8, 4) is 11.5 Å². The van der Waals surface area contributed by atoms with Crippen LogP contribution in [0.3, 0.4) is 0 Å². The molecule has 0 aliphatic heterocycles. The number of methoxy groups -OCH3 is 1. The van der Waals surface area contributed by atoms with E-state index in [9.17, 15) is 8.78 Å². The summed E-state index contributed by atoms with van der Waals surface area (Å²) in [5.41, 5.74) is -0.463. The number of aromatic nitrogens is 1. The molecule has 0 bridgehead atoms. The first-order valence-corrected chi connectivity index (χ1v) is 3.16. The predicted octanol–water partition coefficient (Wildman–Crippen LogP) is 1.73. The van der Waals surface area contributed by atoms with Crippen LogP contribution >= 0.6 is 0 Å². The molecule has 0 aliphatic rings. The van der Waals surface area contributed by atoms with E-state index in [1.807, 2.05) is 0 Å². The normalized spacial score (nSPS) is 10.3. The average Bonchev–Trinajstić information content (AvgIpc) is 2.03. The van der Waals surface area contributed by atoms with Gasteiger partial charge in [0.2, 0.25) is 0 Å². The molecule has 0 unspecified atom stereocenters. The van der Waals surface area contributed by atoms with Crippen molar-refractivity contribution < 1.29 is 18.6 Å². The van der Waals surface area contributed by atoms with Gasteiger partial charge in [-0.2, -0.15) is 0 Å². The number of nitrogens with zero attached hydrogens (tertiary/aromatic N) is 1. The first-order chi connectivity index (χ1) is 5.65. The van der Waals surface area contributed by atoms with Gasteiger partial charge in [-0.1, -0.05) is 0 Å². The SMILES string of the molecule is COc1cc(O)cnc1C(F)F. The number of pyridine rings is 1. The van der Waals surface area contributed by atoms with Crippen LogP contribution in [-0.4, -0.2) is 17.2 Å². The smallest absolute Gasteiger partial charge is 0.284 e. The molecule has 0 saturated carbocycles. The van der Waals surface area contributed by atoms with Gasteiger partial charge in [0, 0.05) is 6.07 Å². The summed E-state index contributed by atoms with van der Waals surface area (Å²) in [5.74, 6) is -0.304. The van der Waals surface area contributed by atoms with Crippen molar-refractivity contribution in [2.75, 3.05) is 7.11 Å². The first-order valence-electron chi connectivity index (χ1n) is 3.16. The number of rotatable bonds is 2. The molecule has 12 heavy (non-hydrogen) atoms. The standard InChI is InChI=1S/C7H7F2NO2/c1-12-5-2-4(11)3-10-6(5)7(8)9/h2-3,7,11H,1H3. The minimum Gasteiger partial charge on any atom is -0.506 e.